The quantitative estimate of drug-likeness (QED) is 0.785. The van der Waals surface area contributed by atoms with Crippen LogP contribution in [0.15, 0.2) is 12.1 Å². The Morgan fingerprint density at radius 3 is 2.38 bits per heavy atom. The number of pyridine rings is 1. The number of amides is 1. The number of hydrogen-bond acceptors (Lipinski definition) is 4. The molecule has 29 heavy (non-hydrogen) atoms. The van der Waals surface area contributed by atoms with Gasteiger partial charge in [0.1, 0.15) is 5.69 Å². The number of aromatic nitrogens is 1. The van der Waals surface area contributed by atoms with Crippen molar-refractivity contribution in [1.82, 2.24) is 15.2 Å². The van der Waals surface area contributed by atoms with E-state index in [-0.39, 0.29) is 17.6 Å². The summed E-state index contributed by atoms with van der Waals surface area (Å²) in [6.45, 7) is 10.1. The molecule has 3 saturated heterocycles. The Morgan fingerprint density at radius 1 is 1.14 bits per heavy atom. The van der Waals surface area contributed by atoms with Crippen LogP contribution in [0.5, 0.6) is 0 Å². The van der Waals surface area contributed by atoms with E-state index in [4.69, 9.17) is 0 Å². The summed E-state index contributed by atoms with van der Waals surface area (Å²) >= 11 is 0. The molecule has 6 heteroatoms. The van der Waals surface area contributed by atoms with Crippen LogP contribution in [0.4, 0.5) is 10.1 Å². The second-order valence-electron chi connectivity index (χ2n) is 10.7. The van der Waals surface area contributed by atoms with E-state index in [2.05, 4.69) is 40.9 Å². The predicted octanol–water partition coefficient (Wildman–Crippen LogP) is 3.59. The Hall–Kier alpha value is -1.69. The van der Waals surface area contributed by atoms with Crippen molar-refractivity contribution in [2.45, 2.75) is 77.4 Å². The summed E-state index contributed by atoms with van der Waals surface area (Å²) in [7, 11) is 0. The van der Waals surface area contributed by atoms with Gasteiger partial charge < -0.3 is 10.2 Å². The second-order valence-corrected chi connectivity index (χ2v) is 10.7. The van der Waals surface area contributed by atoms with Crippen LogP contribution in [0, 0.1) is 16.8 Å². The maximum Gasteiger partial charge on any atom is 0.270 e. The number of piperidine rings is 1. The Bertz CT molecular complexity index is 802. The van der Waals surface area contributed by atoms with Crippen LogP contribution in [-0.4, -0.2) is 53.6 Å². The highest BCUT2D eigenvalue weighted by molar-refractivity contribution is 5.92. The molecule has 0 radical (unpaired) electrons. The van der Waals surface area contributed by atoms with Gasteiger partial charge in [0.15, 0.2) is 0 Å². The molecule has 2 bridgehead atoms. The van der Waals surface area contributed by atoms with Crippen LogP contribution < -0.4 is 10.2 Å². The zero-order chi connectivity index (χ0) is 20.4. The van der Waals surface area contributed by atoms with Gasteiger partial charge in [0.2, 0.25) is 5.95 Å². The van der Waals surface area contributed by atoms with E-state index in [1.54, 1.807) is 12.1 Å². The van der Waals surface area contributed by atoms with Crippen LogP contribution >= 0.6 is 0 Å². The third kappa shape index (κ3) is 3.33. The van der Waals surface area contributed by atoms with Crippen molar-refractivity contribution in [3.63, 3.8) is 0 Å². The van der Waals surface area contributed by atoms with Gasteiger partial charge in [0.25, 0.3) is 5.91 Å². The summed E-state index contributed by atoms with van der Waals surface area (Å²) in [6, 6.07) is 5.01. The minimum Gasteiger partial charge on any atom is -0.368 e. The van der Waals surface area contributed by atoms with Crippen molar-refractivity contribution < 1.29 is 9.18 Å². The molecule has 1 amide bonds. The minimum absolute atomic E-state index is 0.178. The third-order valence-electron chi connectivity index (χ3n) is 8.05. The third-order valence-corrected chi connectivity index (χ3v) is 8.05. The minimum atomic E-state index is -0.526. The molecule has 3 aliphatic heterocycles. The fourth-order valence-electron chi connectivity index (χ4n) is 5.68. The van der Waals surface area contributed by atoms with Gasteiger partial charge in [-0.1, -0.05) is 20.8 Å². The molecule has 5 aliphatic rings. The van der Waals surface area contributed by atoms with Crippen LogP contribution in [-0.2, 0) is 0 Å². The number of hydrogen-bond donors (Lipinski definition) is 1. The fourth-order valence-corrected chi connectivity index (χ4v) is 5.68. The molecule has 1 aromatic rings. The number of nitrogens with zero attached hydrogens (tertiary/aromatic N) is 3. The van der Waals surface area contributed by atoms with Crippen molar-refractivity contribution >= 4 is 11.6 Å². The largest absolute Gasteiger partial charge is 0.368 e. The molecule has 4 heterocycles. The molecule has 0 unspecified atom stereocenters. The maximum atomic E-state index is 14.7. The predicted molar refractivity (Wildman–Crippen MR) is 112 cm³/mol. The summed E-state index contributed by atoms with van der Waals surface area (Å²) in [5, 5.41) is 2.87. The average Bonchev–Trinajstić information content (AvgIpc) is 3.24. The molecular formula is C23H33FN4O. The number of anilines is 1. The van der Waals surface area contributed by atoms with E-state index >= 15 is 0 Å². The molecule has 0 atom stereocenters. The van der Waals surface area contributed by atoms with E-state index in [1.165, 1.54) is 19.4 Å². The Morgan fingerprint density at radius 2 is 1.83 bits per heavy atom. The number of carbonyl (C=O) groups is 1. The molecular weight excluding hydrogens is 367 g/mol. The van der Waals surface area contributed by atoms with Gasteiger partial charge in [-0.05, 0) is 61.5 Å². The fraction of sp³-hybridized carbons (Fsp3) is 0.739. The zero-order valence-electron chi connectivity index (χ0n) is 17.9. The number of fused-ring (bicyclic) bond motifs is 1. The van der Waals surface area contributed by atoms with Crippen LogP contribution in [0.3, 0.4) is 0 Å². The molecule has 0 spiro atoms. The molecule has 6 rings (SSSR count). The number of carbonyl (C=O) groups excluding carboxylic acids is 1. The van der Waals surface area contributed by atoms with Crippen molar-refractivity contribution in [2.24, 2.45) is 10.8 Å². The lowest BCUT2D eigenvalue weighted by Crippen LogP contribution is -2.46. The van der Waals surface area contributed by atoms with Crippen molar-refractivity contribution in [3.05, 3.63) is 23.8 Å². The van der Waals surface area contributed by atoms with Gasteiger partial charge in [-0.3, -0.25) is 9.69 Å². The molecule has 1 aromatic heterocycles. The summed E-state index contributed by atoms with van der Waals surface area (Å²) in [5.41, 5.74) is 1.59. The van der Waals surface area contributed by atoms with Gasteiger partial charge in [-0.2, -0.15) is 4.39 Å². The van der Waals surface area contributed by atoms with Crippen LogP contribution in [0.1, 0.15) is 69.8 Å². The monoisotopic (exact) mass is 400 g/mol. The molecule has 158 valence electrons. The van der Waals surface area contributed by atoms with Gasteiger partial charge in [0, 0.05) is 37.8 Å². The summed E-state index contributed by atoms with van der Waals surface area (Å²) < 4.78 is 14.7. The van der Waals surface area contributed by atoms with Gasteiger partial charge in [-0.15, -0.1) is 0 Å². The lowest BCUT2D eigenvalue weighted by Gasteiger charge is -2.48. The summed E-state index contributed by atoms with van der Waals surface area (Å²) in [4.78, 5) is 20.9. The standard InChI is InChI=1S/C23H33FN4O/c1-22(2,3)23-12-17(13-23)28(14-23)16-8-10-27(11-9-16)19-7-6-18(26-20(19)24)21(29)25-15-4-5-15/h6-7,15-17H,4-5,8-14H2,1-3H3,(H,25,29). The molecule has 2 aliphatic carbocycles. The zero-order valence-corrected chi connectivity index (χ0v) is 17.9. The summed E-state index contributed by atoms with van der Waals surface area (Å²) in [6.07, 6.45) is 6.85. The first kappa shape index (κ1) is 19.3. The smallest absolute Gasteiger partial charge is 0.270 e. The normalized spacial score (nSPS) is 30.3. The first-order valence-electron chi connectivity index (χ1n) is 11.2. The highest BCUT2D eigenvalue weighted by atomic mass is 19.1. The highest BCUT2D eigenvalue weighted by Gasteiger charge is 2.61. The van der Waals surface area contributed by atoms with Gasteiger partial charge in [0.05, 0.1) is 5.69 Å². The topological polar surface area (TPSA) is 48.5 Å². The Labute approximate surface area is 173 Å². The van der Waals surface area contributed by atoms with Crippen molar-refractivity contribution in [1.29, 1.82) is 0 Å². The van der Waals surface area contributed by atoms with Crippen LogP contribution in [0.2, 0.25) is 0 Å². The number of rotatable bonds is 4. The van der Waals surface area contributed by atoms with E-state index in [1.807, 2.05) is 0 Å². The highest BCUT2D eigenvalue weighted by Crippen LogP contribution is 2.61. The molecule has 0 aromatic carbocycles. The number of nitrogens with one attached hydrogen (secondary N) is 1. The lowest BCUT2D eigenvalue weighted by atomic mass is 9.56. The first-order valence-corrected chi connectivity index (χ1v) is 11.2. The maximum absolute atomic E-state index is 14.7. The molecule has 2 saturated carbocycles. The van der Waals surface area contributed by atoms with Crippen molar-refractivity contribution in [3.8, 4) is 0 Å². The molecule has 5 fully saturated rings. The van der Waals surface area contributed by atoms with E-state index in [9.17, 15) is 9.18 Å². The van der Waals surface area contributed by atoms with E-state index in [0.717, 1.165) is 44.8 Å². The van der Waals surface area contributed by atoms with Gasteiger partial charge >= 0.3 is 0 Å². The average molecular weight is 401 g/mol. The first-order chi connectivity index (χ1) is 13.8. The lowest BCUT2D eigenvalue weighted by molar-refractivity contribution is 0.0405. The van der Waals surface area contributed by atoms with E-state index < -0.39 is 5.95 Å². The Balaban J connectivity index is 1.20. The molecule has 5 nitrogen and oxygen atoms in total. The summed E-state index contributed by atoms with van der Waals surface area (Å²) in [5.74, 6) is -0.792. The second kappa shape index (κ2) is 6.66. The van der Waals surface area contributed by atoms with Crippen molar-refractivity contribution in [2.75, 3.05) is 24.5 Å². The SMILES string of the molecule is CC(C)(C)C12CC(C1)N(C1CCN(c3ccc(C(=O)NC4CC4)nc3F)CC1)C2. The Kier molecular flexibility index (Phi) is 4.43. The van der Waals surface area contributed by atoms with Crippen LogP contribution in [0.25, 0.3) is 0 Å². The van der Waals surface area contributed by atoms with E-state index in [0.29, 0.717) is 22.6 Å². The molecule has 1 N–H and O–H groups in total. The number of halogens is 1. The van der Waals surface area contributed by atoms with Gasteiger partial charge in [-0.25, -0.2) is 4.98 Å².